The second-order valence-electron chi connectivity index (χ2n) is 10.7. The van der Waals surface area contributed by atoms with Crippen molar-refractivity contribution < 1.29 is 23.7 Å². The summed E-state index contributed by atoms with van der Waals surface area (Å²) in [4.78, 5) is 4.02. The van der Waals surface area contributed by atoms with E-state index in [1.165, 1.54) is 10.8 Å². The molecule has 31 heavy (non-hydrogen) atoms. The largest absolute Gasteiger partial charge is 0.414 e. The molecular weight excluding hydrogens is 416 g/mol. The van der Waals surface area contributed by atoms with Gasteiger partial charge < -0.3 is 29.5 Å². The van der Waals surface area contributed by atoms with Gasteiger partial charge in [0, 0.05) is 0 Å². The summed E-state index contributed by atoms with van der Waals surface area (Å²) in [6, 6.07) is 3.49. The topological polar surface area (TPSA) is 113 Å². The van der Waals surface area contributed by atoms with Crippen molar-refractivity contribution in [2.75, 3.05) is 12.3 Å². The Hall–Kier alpha value is -1.56. The monoisotopic (exact) mass is 450 g/mol. The first-order valence-corrected chi connectivity index (χ1v) is 13.5. The minimum absolute atomic E-state index is 0.0453. The molecule has 0 spiro atoms. The molecule has 0 radical (unpaired) electrons. The highest BCUT2D eigenvalue weighted by atomic mass is 28.4. The summed E-state index contributed by atoms with van der Waals surface area (Å²) in [5.74, 6) is -2.42. The fourth-order valence-corrected chi connectivity index (χ4v) is 5.27. The Morgan fingerprint density at radius 1 is 1.23 bits per heavy atom. The Balaban J connectivity index is 1.74. The smallest absolute Gasteiger partial charge is 0.243 e. The molecule has 10 heteroatoms. The summed E-state index contributed by atoms with van der Waals surface area (Å²) in [7, 11) is -2.04. The summed E-state index contributed by atoms with van der Waals surface area (Å²) in [6.45, 7) is 16.7. The standard InChI is InChI=1S/C21H34N4O5Si/c1-18(2,3)31(7,8)27-11-14-16-20(6,30-19(4,5)29-16)21(26,28-14)15-10-9-13-17(22)23-12-24-25(13)15/h9-10,12,14,16,26H,11H2,1-8H3,(H2,22,23,24)/t14-,16?,20-,21?/m1/s1. The van der Waals surface area contributed by atoms with Gasteiger partial charge in [0.15, 0.2) is 25.5 Å². The van der Waals surface area contributed by atoms with Gasteiger partial charge in [-0.25, -0.2) is 9.50 Å². The number of ether oxygens (including phenoxy) is 3. The van der Waals surface area contributed by atoms with Gasteiger partial charge in [-0.05, 0) is 51.0 Å². The molecule has 0 aliphatic carbocycles. The van der Waals surface area contributed by atoms with Gasteiger partial charge in [0.1, 0.15) is 29.7 Å². The summed E-state index contributed by atoms with van der Waals surface area (Å²) in [6.07, 6.45) is 0.274. The first kappa shape index (κ1) is 22.6. The molecule has 4 heterocycles. The molecule has 2 fully saturated rings. The van der Waals surface area contributed by atoms with Gasteiger partial charge in [0.05, 0.1) is 6.61 Å². The molecule has 0 amide bonds. The molecule has 2 unspecified atom stereocenters. The van der Waals surface area contributed by atoms with Crippen LogP contribution in [0.1, 0.15) is 47.2 Å². The second kappa shape index (κ2) is 6.72. The van der Waals surface area contributed by atoms with Crippen molar-refractivity contribution in [2.24, 2.45) is 0 Å². The van der Waals surface area contributed by atoms with Gasteiger partial charge in [0.2, 0.25) is 5.79 Å². The maximum Gasteiger partial charge on any atom is 0.243 e. The average molecular weight is 451 g/mol. The van der Waals surface area contributed by atoms with E-state index in [1.807, 2.05) is 20.8 Å². The Morgan fingerprint density at radius 2 is 1.90 bits per heavy atom. The number of nitrogen functional groups attached to an aromatic ring is 1. The Labute approximate surface area is 184 Å². The van der Waals surface area contributed by atoms with Gasteiger partial charge in [0.25, 0.3) is 0 Å². The molecule has 3 N–H and O–H groups in total. The third kappa shape index (κ3) is 3.31. The van der Waals surface area contributed by atoms with Gasteiger partial charge >= 0.3 is 0 Å². The van der Waals surface area contributed by atoms with Crippen LogP contribution in [-0.4, -0.2) is 58.2 Å². The number of nitrogens with two attached hydrogens (primary N) is 1. The van der Waals surface area contributed by atoms with E-state index >= 15 is 0 Å². The number of hydrogen-bond donors (Lipinski definition) is 2. The van der Waals surface area contributed by atoms with Crippen molar-refractivity contribution >= 4 is 19.7 Å². The molecule has 0 bridgehead atoms. The number of hydrogen-bond acceptors (Lipinski definition) is 8. The average Bonchev–Trinajstić information content (AvgIpc) is 3.22. The predicted octanol–water partition coefficient (Wildman–Crippen LogP) is 2.79. The number of aromatic nitrogens is 3. The van der Waals surface area contributed by atoms with Crippen molar-refractivity contribution in [3.05, 3.63) is 24.2 Å². The van der Waals surface area contributed by atoms with Crippen LogP contribution in [-0.2, 0) is 24.4 Å². The van der Waals surface area contributed by atoms with E-state index in [2.05, 4.69) is 43.9 Å². The van der Waals surface area contributed by atoms with Gasteiger partial charge in [-0.3, -0.25) is 0 Å². The molecule has 172 valence electrons. The van der Waals surface area contributed by atoms with Crippen LogP contribution in [0.4, 0.5) is 5.82 Å². The molecule has 4 rings (SSSR count). The second-order valence-corrected chi connectivity index (χ2v) is 15.5. The fourth-order valence-electron chi connectivity index (χ4n) is 4.25. The lowest BCUT2D eigenvalue weighted by atomic mass is 9.88. The van der Waals surface area contributed by atoms with Crippen molar-refractivity contribution in [1.29, 1.82) is 0 Å². The first-order chi connectivity index (χ1) is 14.1. The van der Waals surface area contributed by atoms with Crippen LogP contribution in [0.15, 0.2) is 18.5 Å². The molecule has 2 aromatic rings. The first-order valence-electron chi connectivity index (χ1n) is 10.6. The molecule has 2 saturated heterocycles. The zero-order valence-corrected chi connectivity index (χ0v) is 20.6. The van der Waals surface area contributed by atoms with Gasteiger partial charge in [-0.1, -0.05) is 20.8 Å². The maximum atomic E-state index is 12.0. The van der Waals surface area contributed by atoms with Crippen molar-refractivity contribution in [3.63, 3.8) is 0 Å². The molecular formula is C21H34N4O5Si. The van der Waals surface area contributed by atoms with Crippen LogP contribution in [0.25, 0.3) is 5.52 Å². The van der Waals surface area contributed by atoms with E-state index in [-0.39, 0.29) is 5.04 Å². The zero-order chi connectivity index (χ0) is 23.0. The van der Waals surface area contributed by atoms with Crippen molar-refractivity contribution in [1.82, 2.24) is 14.6 Å². The Kier molecular flexibility index (Phi) is 4.91. The van der Waals surface area contributed by atoms with Gasteiger partial charge in [-0.2, -0.15) is 5.10 Å². The van der Waals surface area contributed by atoms with Gasteiger partial charge in [-0.15, -0.1) is 0 Å². The summed E-state index contributed by atoms with van der Waals surface area (Å²) < 4.78 is 26.8. The lowest BCUT2D eigenvalue weighted by molar-refractivity contribution is -0.311. The van der Waals surface area contributed by atoms with Crippen LogP contribution >= 0.6 is 0 Å². The van der Waals surface area contributed by atoms with E-state index in [9.17, 15) is 5.11 Å². The summed E-state index contributed by atoms with van der Waals surface area (Å²) in [5, 5.41) is 16.3. The molecule has 2 aliphatic heterocycles. The molecule has 2 aromatic heterocycles. The highest BCUT2D eigenvalue weighted by Gasteiger charge is 2.72. The lowest BCUT2D eigenvalue weighted by Gasteiger charge is -2.37. The van der Waals surface area contributed by atoms with E-state index in [4.69, 9.17) is 24.4 Å². The number of anilines is 1. The normalized spacial score (nSPS) is 33.2. The highest BCUT2D eigenvalue weighted by Crippen LogP contribution is 2.55. The van der Waals surface area contributed by atoms with Crippen LogP contribution in [0, 0.1) is 0 Å². The zero-order valence-electron chi connectivity index (χ0n) is 19.6. The lowest BCUT2D eigenvalue weighted by Crippen LogP contribution is -2.52. The van der Waals surface area contributed by atoms with E-state index in [0.29, 0.717) is 23.6 Å². The van der Waals surface area contributed by atoms with Crippen LogP contribution in [0.5, 0.6) is 0 Å². The molecule has 2 aliphatic rings. The van der Waals surface area contributed by atoms with Crippen LogP contribution in [0.3, 0.4) is 0 Å². The molecule has 9 nitrogen and oxygen atoms in total. The minimum atomic E-state index is -2.04. The van der Waals surface area contributed by atoms with Crippen LogP contribution < -0.4 is 5.73 Å². The molecule has 4 atom stereocenters. The quantitative estimate of drug-likeness (QED) is 0.684. The van der Waals surface area contributed by atoms with Crippen molar-refractivity contribution in [2.45, 2.75) is 89.1 Å². The Morgan fingerprint density at radius 3 is 2.55 bits per heavy atom. The van der Waals surface area contributed by atoms with Crippen molar-refractivity contribution in [3.8, 4) is 0 Å². The van der Waals surface area contributed by atoms with E-state index in [1.54, 1.807) is 12.1 Å². The van der Waals surface area contributed by atoms with E-state index < -0.39 is 37.7 Å². The molecule has 0 saturated carbocycles. The summed E-state index contributed by atoms with van der Waals surface area (Å²) in [5.41, 5.74) is 5.78. The predicted molar refractivity (Wildman–Crippen MR) is 118 cm³/mol. The fraction of sp³-hybridized carbons (Fsp3) is 0.714. The number of rotatable bonds is 4. The minimum Gasteiger partial charge on any atom is -0.414 e. The number of nitrogens with zero attached hydrogens (tertiary/aromatic N) is 3. The summed E-state index contributed by atoms with van der Waals surface area (Å²) >= 11 is 0. The molecule has 0 aromatic carbocycles. The number of fused-ring (bicyclic) bond motifs is 2. The third-order valence-electron chi connectivity index (χ3n) is 6.99. The Bertz CT molecular complexity index is 1000. The third-order valence-corrected chi connectivity index (χ3v) is 11.5. The number of aliphatic hydroxyl groups is 1. The highest BCUT2D eigenvalue weighted by molar-refractivity contribution is 6.74. The SMILES string of the molecule is CC1(C)OC2[C@@H](CO[Si](C)(C)C(C)(C)C)OC(O)(c3ccc4c(N)ncnn34)[C@]2(C)O1. The van der Waals surface area contributed by atoms with E-state index in [0.717, 1.165) is 0 Å². The van der Waals surface area contributed by atoms with Crippen LogP contribution in [0.2, 0.25) is 18.1 Å². The maximum absolute atomic E-state index is 12.0.